The van der Waals surface area contributed by atoms with Crippen LogP contribution in [0.5, 0.6) is 0 Å². The number of phosphoric acid groups is 1. The van der Waals surface area contributed by atoms with Gasteiger partial charge in [-0.1, -0.05) is 181 Å². The average Bonchev–Trinajstić information content (AvgIpc) is 3.06. The Balaban J connectivity index is 3.90. The molecule has 0 aromatic rings. The Morgan fingerprint density at radius 1 is 0.553 bits per heavy atom. The molecule has 0 spiro atoms. The van der Waals surface area contributed by atoms with E-state index in [0.29, 0.717) is 13.0 Å². The minimum atomic E-state index is -4.26. The van der Waals surface area contributed by atoms with Crippen molar-refractivity contribution in [3.05, 3.63) is 0 Å². The van der Waals surface area contributed by atoms with Gasteiger partial charge in [0.1, 0.15) is 6.10 Å². The van der Waals surface area contributed by atoms with E-state index < -0.39 is 13.9 Å². The molecule has 0 rings (SSSR count). The fourth-order valence-electron chi connectivity index (χ4n) is 5.82. The highest BCUT2D eigenvalue weighted by Crippen LogP contribution is 2.43. The largest absolute Gasteiger partial charge is 0.472 e. The van der Waals surface area contributed by atoms with Crippen LogP contribution in [0.3, 0.4) is 0 Å². The van der Waals surface area contributed by atoms with Crippen LogP contribution in [0.15, 0.2) is 0 Å². The number of ether oxygens (including phenoxy) is 2. The van der Waals surface area contributed by atoms with Crippen LogP contribution in [0.1, 0.15) is 200 Å². The third-order valence-electron chi connectivity index (χ3n) is 8.77. The van der Waals surface area contributed by atoms with E-state index >= 15 is 0 Å². The first kappa shape index (κ1) is 46.5. The smallest absolute Gasteiger partial charge is 0.457 e. The number of phosphoric ester groups is 1. The van der Waals surface area contributed by atoms with Crippen molar-refractivity contribution in [2.45, 2.75) is 206 Å². The van der Waals surface area contributed by atoms with E-state index in [4.69, 9.17) is 24.3 Å². The maximum atomic E-state index is 12.5. The summed E-state index contributed by atoms with van der Waals surface area (Å²) in [5, 5.41) is 0. The van der Waals surface area contributed by atoms with Crippen LogP contribution in [-0.2, 0) is 27.9 Å². The third-order valence-corrected chi connectivity index (χ3v) is 9.76. The van der Waals surface area contributed by atoms with Gasteiger partial charge in [0.2, 0.25) is 0 Å². The number of rotatable bonds is 39. The van der Waals surface area contributed by atoms with Gasteiger partial charge in [-0.15, -0.1) is 0 Å². The molecule has 8 nitrogen and oxygen atoms in total. The van der Waals surface area contributed by atoms with Gasteiger partial charge in [0, 0.05) is 19.6 Å². The van der Waals surface area contributed by atoms with Crippen LogP contribution < -0.4 is 5.73 Å². The molecule has 282 valence electrons. The van der Waals surface area contributed by atoms with Crippen molar-refractivity contribution in [2.24, 2.45) is 5.73 Å². The van der Waals surface area contributed by atoms with Gasteiger partial charge in [-0.25, -0.2) is 4.57 Å². The molecule has 0 aliphatic rings. The second-order valence-corrected chi connectivity index (χ2v) is 15.0. The molecule has 3 N–H and O–H groups in total. The highest BCUT2D eigenvalue weighted by Gasteiger charge is 2.25. The summed E-state index contributed by atoms with van der Waals surface area (Å²) in [6.07, 6.45) is 35.5. The lowest BCUT2D eigenvalue weighted by atomic mass is 10.0. The molecule has 0 amide bonds. The van der Waals surface area contributed by atoms with E-state index in [1.165, 1.54) is 148 Å². The molecular weight excluding hydrogens is 613 g/mol. The molecule has 0 fully saturated rings. The summed E-state index contributed by atoms with van der Waals surface area (Å²) in [4.78, 5) is 22.3. The number of hydrogen-bond donors (Lipinski definition) is 2. The molecule has 0 radical (unpaired) electrons. The van der Waals surface area contributed by atoms with Crippen molar-refractivity contribution in [3.63, 3.8) is 0 Å². The normalized spacial score (nSPS) is 13.5. The summed E-state index contributed by atoms with van der Waals surface area (Å²) in [5.74, 6) is -0.327. The van der Waals surface area contributed by atoms with Gasteiger partial charge in [-0.2, -0.15) is 0 Å². The summed E-state index contributed by atoms with van der Waals surface area (Å²) < 4.78 is 33.2. The highest BCUT2D eigenvalue weighted by atomic mass is 31.2. The molecule has 2 atom stereocenters. The fraction of sp³-hybridized carbons (Fsp3) is 0.974. The first-order chi connectivity index (χ1) is 22.9. The molecular formula is C38H78NO7P. The minimum absolute atomic E-state index is 0.0907. The monoisotopic (exact) mass is 692 g/mol. The highest BCUT2D eigenvalue weighted by molar-refractivity contribution is 7.47. The van der Waals surface area contributed by atoms with Crippen LogP contribution >= 0.6 is 7.82 Å². The zero-order valence-corrected chi connectivity index (χ0v) is 31.9. The van der Waals surface area contributed by atoms with Crippen LogP contribution in [0.25, 0.3) is 0 Å². The average molecular weight is 692 g/mol. The molecule has 9 heteroatoms. The summed E-state index contributed by atoms with van der Waals surface area (Å²) >= 11 is 0. The van der Waals surface area contributed by atoms with Crippen molar-refractivity contribution in [1.29, 1.82) is 0 Å². The quantitative estimate of drug-likeness (QED) is 0.0371. The third kappa shape index (κ3) is 36.6. The molecule has 0 aliphatic carbocycles. The Morgan fingerprint density at radius 2 is 0.936 bits per heavy atom. The Labute approximate surface area is 291 Å². The van der Waals surface area contributed by atoms with Crippen molar-refractivity contribution in [1.82, 2.24) is 0 Å². The van der Waals surface area contributed by atoms with Crippen LogP contribution in [-0.4, -0.2) is 49.9 Å². The summed E-state index contributed by atoms with van der Waals surface area (Å²) in [6, 6.07) is 0. The van der Waals surface area contributed by atoms with E-state index in [0.717, 1.165) is 32.1 Å². The van der Waals surface area contributed by atoms with Gasteiger partial charge in [0.15, 0.2) is 0 Å². The molecule has 2 unspecified atom stereocenters. The van der Waals surface area contributed by atoms with Crippen molar-refractivity contribution in [3.8, 4) is 0 Å². The number of nitrogens with two attached hydrogens (primary N) is 1. The molecule has 47 heavy (non-hydrogen) atoms. The second-order valence-electron chi connectivity index (χ2n) is 13.5. The zero-order valence-electron chi connectivity index (χ0n) is 31.0. The predicted molar refractivity (Wildman–Crippen MR) is 197 cm³/mol. The van der Waals surface area contributed by atoms with Gasteiger partial charge in [0.25, 0.3) is 0 Å². The molecule has 0 saturated carbocycles. The van der Waals surface area contributed by atoms with Crippen LogP contribution in [0.4, 0.5) is 0 Å². The molecule has 0 aromatic carbocycles. The first-order valence-corrected chi connectivity index (χ1v) is 21.5. The van der Waals surface area contributed by atoms with Crippen molar-refractivity contribution < 1.29 is 32.8 Å². The topological polar surface area (TPSA) is 117 Å². The lowest BCUT2D eigenvalue weighted by Crippen LogP contribution is -2.28. The molecule has 0 aliphatic heterocycles. The number of hydrogen-bond acceptors (Lipinski definition) is 7. The standard InChI is InChI=1S/C38H78NO7P/c1-3-5-7-9-11-13-14-15-16-17-18-19-20-21-22-23-24-25-27-29-31-38(40)46-37(36-45-47(41,42)44-34-32-39)35-43-33-30-28-26-12-10-8-6-4-2/h37H,3-36,39H2,1-2H3,(H,41,42). The van der Waals surface area contributed by atoms with E-state index in [-0.39, 0.29) is 32.3 Å². The van der Waals surface area contributed by atoms with Gasteiger partial charge in [-0.05, 0) is 12.8 Å². The van der Waals surface area contributed by atoms with Crippen molar-refractivity contribution >= 4 is 13.8 Å². The molecule has 0 saturated heterocycles. The van der Waals surface area contributed by atoms with Gasteiger partial charge < -0.3 is 20.1 Å². The maximum absolute atomic E-state index is 12.5. The summed E-state index contributed by atoms with van der Waals surface area (Å²) in [7, 11) is -4.26. The van der Waals surface area contributed by atoms with Crippen LogP contribution in [0, 0.1) is 0 Å². The van der Waals surface area contributed by atoms with E-state index in [1.807, 2.05) is 0 Å². The van der Waals surface area contributed by atoms with Gasteiger partial charge in [-0.3, -0.25) is 13.8 Å². The SMILES string of the molecule is CCCCCCCCCCCCCCCCCCCCCCC(=O)OC(COCCCCCCCCCC)COP(=O)(O)OCCN. The Bertz CT molecular complexity index is 697. The molecule has 0 heterocycles. The number of carbonyl (C=O) groups excluding carboxylic acids is 1. The molecule has 0 aromatic heterocycles. The number of carbonyl (C=O) groups is 1. The Hall–Kier alpha value is -0.500. The zero-order chi connectivity index (χ0) is 34.5. The maximum Gasteiger partial charge on any atom is 0.472 e. The van der Waals surface area contributed by atoms with Gasteiger partial charge >= 0.3 is 13.8 Å². The Morgan fingerprint density at radius 3 is 1.34 bits per heavy atom. The second kappa shape index (κ2) is 36.8. The number of esters is 1. The predicted octanol–water partition coefficient (Wildman–Crippen LogP) is 11.4. The van der Waals surface area contributed by atoms with Crippen LogP contribution in [0.2, 0.25) is 0 Å². The van der Waals surface area contributed by atoms with E-state index in [9.17, 15) is 14.3 Å². The first-order valence-electron chi connectivity index (χ1n) is 20.0. The molecule has 0 bridgehead atoms. The summed E-state index contributed by atoms with van der Waals surface area (Å²) in [5.41, 5.74) is 5.35. The Kier molecular flexibility index (Phi) is 36.4. The van der Waals surface area contributed by atoms with E-state index in [1.54, 1.807) is 0 Å². The lowest BCUT2D eigenvalue weighted by Gasteiger charge is -2.20. The fourth-order valence-corrected chi connectivity index (χ4v) is 6.59. The summed E-state index contributed by atoms with van der Waals surface area (Å²) in [6.45, 7) is 4.94. The number of unbranched alkanes of at least 4 members (excludes halogenated alkanes) is 26. The van der Waals surface area contributed by atoms with Crippen molar-refractivity contribution in [2.75, 3.05) is 33.0 Å². The van der Waals surface area contributed by atoms with E-state index in [2.05, 4.69) is 13.8 Å². The van der Waals surface area contributed by atoms with Gasteiger partial charge in [0.05, 0.1) is 19.8 Å². The minimum Gasteiger partial charge on any atom is -0.457 e. The lowest BCUT2D eigenvalue weighted by molar-refractivity contribution is -0.154.